The van der Waals surface area contributed by atoms with Gasteiger partial charge in [-0.05, 0) is 45.4 Å². The van der Waals surface area contributed by atoms with Crippen LogP contribution in [0.15, 0.2) is 4.99 Å². The maximum atomic E-state index is 12.4. The fourth-order valence-corrected chi connectivity index (χ4v) is 3.04. The molecule has 1 amide bonds. The van der Waals surface area contributed by atoms with Crippen LogP contribution in [0.1, 0.15) is 53.9 Å². The first kappa shape index (κ1) is 22.3. The first-order chi connectivity index (χ1) is 11.1. The molecule has 6 nitrogen and oxygen atoms in total. The molecule has 1 heterocycles. The van der Waals surface area contributed by atoms with E-state index in [4.69, 9.17) is 4.74 Å². The van der Waals surface area contributed by atoms with E-state index in [1.807, 2.05) is 32.7 Å². The van der Waals surface area contributed by atoms with Crippen LogP contribution >= 0.6 is 24.0 Å². The molecule has 146 valence electrons. The van der Waals surface area contributed by atoms with Gasteiger partial charge in [0.25, 0.3) is 0 Å². The predicted octanol–water partition coefficient (Wildman–Crippen LogP) is 3.31. The van der Waals surface area contributed by atoms with Crippen molar-refractivity contribution in [2.75, 3.05) is 33.2 Å². The molecule has 0 spiro atoms. The smallest absolute Gasteiger partial charge is 0.410 e. The number of aliphatic imine (C=N–C) groups is 1. The van der Waals surface area contributed by atoms with Crippen molar-refractivity contribution >= 4 is 36.0 Å². The Morgan fingerprint density at radius 3 is 2.44 bits per heavy atom. The van der Waals surface area contributed by atoms with E-state index in [0.29, 0.717) is 24.5 Å². The number of hydrogen-bond donors (Lipinski definition) is 1. The van der Waals surface area contributed by atoms with Crippen molar-refractivity contribution in [3.05, 3.63) is 0 Å². The predicted molar refractivity (Wildman–Crippen MR) is 113 cm³/mol. The van der Waals surface area contributed by atoms with E-state index >= 15 is 0 Å². The standard InChI is InChI=1S/C18H34N4O2.HI/c1-17(2,3)24-16(23)22(14-7-8-14)12-10-20-15(19-6)21-11-9-18(4,5)13-21;/h14H,7-13H2,1-6H3,(H,19,20);1H. The van der Waals surface area contributed by atoms with E-state index in [2.05, 4.69) is 29.1 Å². The van der Waals surface area contributed by atoms with E-state index < -0.39 is 5.60 Å². The SMILES string of the molecule is CN=C(NCCN(C(=O)OC(C)(C)C)C1CC1)N1CCC(C)(C)C1.I. The molecule has 1 aliphatic carbocycles. The number of halogens is 1. The third-order valence-corrected chi connectivity index (χ3v) is 4.44. The molecule has 0 radical (unpaired) electrons. The second kappa shape index (κ2) is 8.77. The van der Waals surface area contributed by atoms with Crippen molar-refractivity contribution in [2.24, 2.45) is 10.4 Å². The summed E-state index contributed by atoms with van der Waals surface area (Å²) in [5.74, 6) is 0.931. The van der Waals surface area contributed by atoms with Gasteiger partial charge in [-0.25, -0.2) is 4.79 Å². The zero-order valence-corrected chi connectivity index (χ0v) is 18.9. The van der Waals surface area contributed by atoms with Crippen LogP contribution in [-0.4, -0.2) is 66.7 Å². The third-order valence-electron chi connectivity index (χ3n) is 4.44. The summed E-state index contributed by atoms with van der Waals surface area (Å²) in [4.78, 5) is 20.9. The molecule has 2 aliphatic rings. The monoisotopic (exact) mass is 466 g/mol. The van der Waals surface area contributed by atoms with Crippen LogP contribution in [0, 0.1) is 5.41 Å². The Kier molecular flexibility index (Phi) is 7.83. The van der Waals surface area contributed by atoms with Gasteiger partial charge in [0.15, 0.2) is 5.96 Å². The molecular weight excluding hydrogens is 431 g/mol. The molecule has 0 atom stereocenters. The van der Waals surface area contributed by atoms with Gasteiger partial charge in [0.1, 0.15) is 5.60 Å². The fourth-order valence-electron chi connectivity index (χ4n) is 3.04. The number of guanidine groups is 1. The minimum absolute atomic E-state index is 0. The van der Waals surface area contributed by atoms with Crippen molar-refractivity contribution in [1.82, 2.24) is 15.1 Å². The molecule has 25 heavy (non-hydrogen) atoms. The molecule has 1 aliphatic heterocycles. The molecule has 2 fully saturated rings. The highest BCUT2D eigenvalue weighted by molar-refractivity contribution is 14.0. The summed E-state index contributed by atoms with van der Waals surface area (Å²) in [6, 6.07) is 0.342. The van der Waals surface area contributed by atoms with Gasteiger partial charge in [0.2, 0.25) is 0 Å². The Morgan fingerprint density at radius 2 is 2.00 bits per heavy atom. The van der Waals surface area contributed by atoms with Crippen LogP contribution in [0.3, 0.4) is 0 Å². The van der Waals surface area contributed by atoms with Crippen molar-refractivity contribution in [2.45, 2.75) is 65.5 Å². The summed E-state index contributed by atoms with van der Waals surface area (Å²) >= 11 is 0. The van der Waals surface area contributed by atoms with Crippen LogP contribution in [0.5, 0.6) is 0 Å². The Hall–Kier alpha value is -0.730. The average Bonchev–Trinajstić information content (AvgIpc) is 3.20. The highest BCUT2D eigenvalue weighted by atomic mass is 127. The second-order valence-corrected chi connectivity index (χ2v) is 8.71. The molecule has 0 aromatic heterocycles. The van der Waals surface area contributed by atoms with E-state index in [9.17, 15) is 4.79 Å². The average molecular weight is 466 g/mol. The number of nitrogens with one attached hydrogen (secondary N) is 1. The zero-order chi connectivity index (χ0) is 18.0. The van der Waals surface area contributed by atoms with E-state index in [0.717, 1.165) is 31.9 Å². The topological polar surface area (TPSA) is 57.2 Å². The molecule has 1 saturated carbocycles. The largest absolute Gasteiger partial charge is 0.444 e. The van der Waals surface area contributed by atoms with E-state index in [1.165, 1.54) is 6.42 Å². The Labute approximate surface area is 169 Å². The number of ether oxygens (including phenoxy) is 1. The van der Waals surface area contributed by atoms with Gasteiger partial charge in [-0.15, -0.1) is 24.0 Å². The van der Waals surface area contributed by atoms with Crippen LogP contribution in [0.4, 0.5) is 4.79 Å². The third kappa shape index (κ3) is 7.19. The van der Waals surface area contributed by atoms with Gasteiger partial charge in [-0.1, -0.05) is 13.8 Å². The zero-order valence-electron chi connectivity index (χ0n) is 16.6. The lowest BCUT2D eigenvalue weighted by Crippen LogP contribution is -2.46. The lowest BCUT2D eigenvalue weighted by atomic mass is 9.93. The Balaban J connectivity index is 0.00000312. The van der Waals surface area contributed by atoms with Crippen molar-refractivity contribution in [1.29, 1.82) is 0 Å². The summed E-state index contributed by atoms with van der Waals surface area (Å²) in [6.07, 6.45) is 3.13. The lowest BCUT2D eigenvalue weighted by molar-refractivity contribution is 0.0237. The van der Waals surface area contributed by atoms with Crippen LogP contribution < -0.4 is 5.32 Å². The normalized spacial score (nSPS) is 20.1. The van der Waals surface area contributed by atoms with Gasteiger partial charge < -0.3 is 19.9 Å². The first-order valence-electron chi connectivity index (χ1n) is 9.06. The molecule has 0 unspecified atom stereocenters. The maximum Gasteiger partial charge on any atom is 0.410 e. The molecule has 2 rings (SSSR count). The second-order valence-electron chi connectivity index (χ2n) is 8.71. The van der Waals surface area contributed by atoms with E-state index in [1.54, 1.807) is 0 Å². The summed E-state index contributed by atoms with van der Waals surface area (Å²) in [6.45, 7) is 13.7. The molecule has 1 saturated heterocycles. The first-order valence-corrected chi connectivity index (χ1v) is 9.06. The number of carbonyl (C=O) groups is 1. The number of likely N-dealkylation sites (tertiary alicyclic amines) is 1. The number of carbonyl (C=O) groups excluding carboxylic acids is 1. The van der Waals surface area contributed by atoms with Gasteiger partial charge in [-0.2, -0.15) is 0 Å². The molecular formula is C18H35IN4O2. The van der Waals surface area contributed by atoms with Crippen molar-refractivity contribution < 1.29 is 9.53 Å². The molecule has 1 N–H and O–H groups in total. The minimum Gasteiger partial charge on any atom is -0.444 e. The van der Waals surface area contributed by atoms with Gasteiger partial charge in [0, 0.05) is 39.3 Å². The maximum absolute atomic E-state index is 12.4. The number of rotatable bonds is 4. The van der Waals surface area contributed by atoms with Gasteiger partial charge in [-0.3, -0.25) is 4.99 Å². The highest BCUT2D eigenvalue weighted by Crippen LogP contribution is 2.29. The minimum atomic E-state index is -0.450. The Bertz CT molecular complexity index is 484. The van der Waals surface area contributed by atoms with Gasteiger partial charge >= 0.3 is 6.09 Å². The van der Waals surface area contributed by atoms with Crippen molar-refractivity contribution in [3.63, 3.8) is 0 Å². The molecule has 0 aromatic carbocycles. The quantitative estimate of drug-likeness (QED) is 0.393. The molecule has 0 aromatic rings. The lowest BCUT2D eigenvalue weighted by Gasteiger charge is -2.28. The fraction of sp³-hybridized carbons (Fsp3) is 0.889. The number of amides is 1. The highest BCUT2D eigenvalue weighted by Gasteiger charge is 2.35. The Morgan fingerprint density at radius 1 is 1.36 bits per heavy atom. The van der Waals surface area contributed by atoms with Crippen LogP contribution in [0.25, 0.3) is 0 Å². The summed E-state index contributed by atoms with van der Waals surface area (Å²) in [7, 11) is 1.82. The van der Waals surface area contributed by atoms with Crippen LogP contribution in [0.2, 0.25) is 0 Å². The molecule has 7 heteroatoms. The number of nitrogens with zero attached hydrogens (tertiary/aromatic N) is 3. The molecule has 0 bridgehead atoms. The summed E-state index contributed by atoms with van der Waals surface area (Å²) < 4.78 is 5.53. The van der Waals surface area contributed by atoms with Crippen molar-refractivity contribution in [3.8, 4) is 0 Å². The summed E-state index contributed by atoms with van der Waals surface area (Å²) in [5, 5.41) is 3.41. The summed E-state index contributed by atoms with van der Waals surface area (Å²) in [5.41, 5.74) is -0.108. The van der Waals surface area contributed by atoms with Crippen LogP contribution in [-0.2, 0) is 4.74 Å². The van der Waals surface area contributed by atoms with Gasteiger partial charge in [0.05, 0.1) is 0 Å². The van der Waals surface area contributed by atoms with E-state index in [-0.39, 0.29) is 30.1 Å². The number of hydrogen-bond acceptors (Lipinski definition) is 3.